The lowest BCUT2D eigenvalue weighted by atomic mass is 10.1. The highest BCUT2D eigenvalue weighted by Crippen LogP contribution is 2.26. The first-order chi connectivity index (χ1) is 10.1. The van der Waals surface area contributed by atoms with E-state index in [1.54, 1.807) is 12.1 Å². The summed E-state index contributed by atoms with van der Waals surface area (Å²) in [7, 11) is 1.94. The minimum Gasteiger partial charge on any atom is -0.349 e. The summed E-state index contributed by atoms with van der Waals surface area (Å²) in [6.45, 7) is 0. The number of non-ortho nitro benzene ring substituents is 1. The van der Waals surface area contributed by atoms with Gasteiger partial charge in [-0.05, 0) is 24.3 Å². The smallest absolute Gasteiger partial charge is 0.276 e. The van der Waals surface area contributed by atoms with Crippen LogP contribution in [0.5, 0.6) is 0 Å². The zero-order valence-corrected chi connectivity index (χ0v) is 11.3. The molecular formula is C16H12N3O2+. The van der Waals surface area contributed by atoms with Crippen LogP contribution in [-0.4, -0.2) is 9.91 Å². The van der Waals surface area contributed by atoms with Gasteiger partial charge in [0.2, 0.25) is 11.0 Å². The molecule has 0 unspecified atom stereocenters. The summed E-state index contributed by atoms with van der Waals surface area (Å²) >= 11 is 0. The van der Waals surface area contributed by atoms with Gasteiger partial charge >= 0.3 is 0 Å². The second kappa shape index (κ2) is 4.02. The van der Waals surface area contributed by atoms with Crippen LogP contribution in [0.25, 0.3) is 32.8 Å². The van der Waals surface area contributed by atoms with Gasteiger partial charge in [0.1, 0.15) is 12.6 Å². The van der Waals surface area contributed by atoms with E-state index < -0.39 is 0 Å². The van der Waals surface area contributed by atoms with Gasteiger partial charge in [0, 0.05) is 11.5 Å². The summed E-state index contributed by atoms with van der Waals surface area (Å²) in [5.74, 6) is 0. The summed E-state index contributed by atoms with van der Waals surface area (Å²) in [4.78, 5) is 14.0. The lowest BCUT2D eigenvalue weighted by molar-refractivity contribution is -0.616. The van der Waals surface area contributed by atoms with Crippen molar-refractivity contribution >= 4 is 38.5 Å². The number of nitrogens with zero attached hydrogens (tertiary/aromatic N) is 2. The van der Waals surface area contributed by atoms with Crippen LogP contribution in [0.2, 0.25) is 0 Å². The van der Waals surface area contributed by atoms with Crippen molar-refractivity contribution in [3.05, 3.63) is 58.6 Å². The highest BCUT2D eigenvalue weighted by atomic mass is 16.6. The van der Waals surface area contributed by atoms with Gasteiger partial charge < -0.3 is 4.98 Å². The fourth-order valence-electron chi connectivity index (χ4n) is 2.95. The number of H-pyrrole nitrogens is 1. The van der Waals surface area contributed by atoms with Crippen molar-refractivity contribution in [3.8, 4) is 0 Å². The lowest BCUT2D eigenvalue weighted by Gasteiger charge is -1.99. The Morgan fingerprint density at radius 1 is 1.10 bits per heavy atom. The number of aromatic nitrogens is 2. The lowest BCUT2D eigenvalue weighted by Crippen LogP contribution is -2.29. The number of aryl methyl sites for hydroxylation is 1. The van der Waals surface area contributed by atoms with Crippen LogP contribution in [0.15, 0.2) is 48.5 Å². The normalized spacial score (nSPS) is 11.5. The topological polar surface area (TPSA) is 62.8 Å². The Balaban J connectivity index is 2.21. The minimum atomic E-state index is -0.362. The number of para-hydroxylation sites is 1. The maximum atomic E-state index is 11.0. The molecule has 0 radical (unpaired) electrons. The SMILES string of the molecule is C[n+]1c2cc([N+](=O)[O-])ccc2cc2[nH]c3ccccc3c21. The molecule has 0 amide bonds. The van der Waals surface area contributed by atoms with E-state index in [1.165, 1.54) is 6.07 Å². The van der Waals surface area contributed by atoms with E-state index in [-0.39, 0.29) is 10.6 Å². The second-order valence-electron chi connectivity index (χ2n) is 5.14. The highest BCUT2D eigenvalue weighted by molar-refractivity contribution is 6.05. The molecule has 5 nitrogen and oxygen atoms in total. The number of rotatable bonds is 1. The van der Waals surface area contributed by atoms with Crippen molar-refractivity contribution in [1.29, 1.82) is 0 Å². The van der Waals surface area contributed by atoms with E-state index in [2.05, 4.69) is 11.1 Å². The number of hydrogen-bond acceptors (Lipinski definition) is 2. The fourth-order valence-corrected chi connectivity index (χ4v) is 2.95. The third kappa shape index (κ3) is 1.61. The Labute approximate surface area is 119 Å². The molecular weight excluding hydrogens is 266 g/mol. The first-order valence-electron chi connectivity index (χ1n) is 6.63. The van der Waals surface area contributed by atoms with E-state index in [0.29, 0.717) is 0 Å². The predicted octanol–water partition coefficient (Wildman–Crippen LogP) is 3.21. The van der Waals surface area contributed by atoms with Crippen molar-refractivity contribution in [3.63, 3.8) is 0 Å². The van der Waals surface area contributed by atoms with Gasteiger partial charge in [0.15, 0.2) is 0 Å². The standard InChI is InChI=1S/C16H11N3O2/c1-18-15-9-11(19(20)21)7-6-10(15)8-14-16(18)12-4-2-3-5-13(12)17-14/h2-9H,1H3/p+1. The number of nitro groups is 1. The molecule has 0 aliphatic heterocycles. The van der Waals surface area contributed by atoms with Crippen LogP contribution in [-0.2, 0) is 7.05 Å². The molecule has 4 rings (SSSR count). The maximum absolute atomic E-state index is 11.0. The van der Waals surface area contributed by atoms with Gasteiger partial charge in [-0.3, -0.25) is 10.1 Å². The van der Waals surface area contributed by atoms with E-state index >= 15 is 0 Å². The maximum Gasteiger partial charge on any atom is 0.276 e. The summed E-state index contributed by atoms with van der Waals surface area (Å²) in [5.41, 5.74) is 4.10. The summed E-state index contributed by atoms with van der Waals surface area (Å²) in [6, 6.07) is 15.1. The first kappa shape index (κ1) is 11.8. The van der Waals surface area contributed by atoms with E-state index in [1.807, 2.05) is 35.9 Å². The Kier molecular flexibility index (Phi) is 2.27. The van der Waals surface area contributed by atoms with Crippen LogP contribution in [0.1, 0.15) is 0 Å². The number of fused-ring (bicyclic) bond motifs is 4. The fraction of sp³-hybridized carbons (Fsp3) is 0.0625. The van der Waals surface area contributed by atoms with Crippen molar-refractivity contribution in [1.82, 2.24) is 4.98 Å². The Bertz CT molecular complexity index is 1030. The zero-order chi connectivity index (χ0) is 14.6. The third-order valence-electron chi connectivity index (χ3n) is 3.93. The molecule has 0 saturated heterocycles. The highest BCUT2D eigenvalue weighted by Gasteiger charge is 2.19. The van der Waals surface area contributed by atoms with Crippen molar-refractivity contribution in [2.45, 2.75) is 0 Å². The van der Waals surface area contributed by atoms with E-state index in [4.69, 9.17) is 0 Å². The molecule has 21 heavy (non-hydrogen) atoms. The zero-order valence-electron chi connectivity index (χ0n) is 11.3. The first-order valence-corrected chi connectivity index (χ1v) is 6.63. The molecule has 102 valence electrons. The van der Waals surface area contributed by atoms with Gasteiger partial charge in [-0.1, -0.05) is 12.1 Å². The van der Waals surface area contributed by atoms with Gasteiger partial charge in [0.25, 0.3) is 5.69 Å². The predicted molar refractivity (Wildman–Crippen MR) is 81.1 cm³/mol. The number of nitrogens with one attached hydrogen (secondary N) is 1. The summed E-state index contributed by atoms with van der Waals surface area (Å²) in [6.07, 6.45) is 0. The summed E-state index contributed by atoms with van der Waals surface area (Å²) < 4.78 is 2.01. The van der Waals surface area contributed by atoms with Crippen LogP contribution >= 0.6 is 0 Å². The molecule has 0 bridgehead atoms. The number of benzene rings is 2. The van der Waals surface area contributed by atoms with Crippen LogP contribution < -0.4 is 4.57 Å². The molecule has 0 fully saturated rings. The third-order valence-corrected chi connectivity index (χ3v) is 3.93. The number of pyridine rings is 1. The molecule has 0 atom stereocenters. The molecule has 4 aromatic rings. The second-order valence-corrected chi connectivity index (χ2v) is 5.14. The van der Waals surface area contributed by atoms with E-state index in [9.17, 15) is 10.1 Å². The van der Waals surface area contributed by atoms with Gasteiger partial charge in [-0.2, -0.15) is 4.57 Å². The Hall–Kier alpha value is -2.95. The average molecular weight is 278 g/mol. The summed E-state index contributed by atoms with van der Waals surface area (Å²) in [5, 5.41) is 13.1. The van der Waals surface area contributed by atoms with Crippen molar-refractivity contribution < 1.29 is 9.49 Å². The van der Waals surface area contributed by atoms with Gasteiger partial charge in [-0.25, -0.2) is 0 Å². The van der Waals surface area contributed by atoms with Crippen molar-refractivity contribution in [2.24, 2.45) is 7.05 Å². The molecule has 5 heteroatoms. The van der Waals surface area contributed by atoms with Crippen LogP contribution in [0, 0.1) is 10.1 Å². The van der Waals surface area contributed by atoms with E-state index in [0.717, 1.165) is 32.8 Å². The molecule has 0 aliphatic carbocycles. The molecule has 0 aliphatic rings. The largest absolute Gasteiger partial charge is 0.349 e. The Morgan fingerprint density at radius 3 is 2.71 bits per heavy atom. The van der Waals surface area contributed by atoms with Crippen LogP contribution in [0.3, 0.4) is 0 Å². The molecule has 2 aromatic carbocycles. The molecule has 0 spiro atoms. The minimum absolute atomic E-state index is 0.109. The van der Waals surface area contributed by atoms with Gasteiger partial charge in [-0.15, -0.1) is 0 Å². The van der Waals surface area contributed by atoms with Crippen LogP contribution in [0.4, 0.5) is 5.69 Å². The Morgan fingerprint density at radius 2 is 1.90 bits per heavy atom. The number of hydrogen-bond donors (Lipinski definition) is 1. The van der Waals surface area contributed by atoms with Gasteiger partial charge in [0.05, 0.1) is 21.9 Å². The molecule has 0 saturated carbocycles. The molecule has 1 N–H and O–H groups in total. The molecule has 2 heterocycles. The monoisotopic (exact) mass is 278 g/mol. The molecule has 2 aromatic heterocycles. The van der Waals surface area contributed by atoms with Crippen molar-refractivity contribution in [2.75, 3.05) is 0 Å². The number of nitro benzene ring substituents is 1. The number of aromatic amines is 1. The average Bonchev–Trinajstić information content (AvgIpc) is 2.85. The quantitative estimate of drug-likeness (QED) is 0.330.